The van der Waals surface area contributed by atoms with Crippen molar-refractivity contribution in [1.29, 1.82) is 0 Å². The van der Waals surface area contributed by atoms with Gasteiger partial charge in [-0.15, -0.1) is 0 Å². The molecule has 2 rings (SSSR count). The number of hydrogen-bond acceptors (Lipinski definition) is 3. The third-order valence-electron chi connectivity index (χ3n) is 3.65. The van der Waals surface area contributed by atoms with Crippen LogP contribution in [0.1, 0.15) is 24.4 Å². The molecule has 0 radical (unpaired) electrons. The van der Waals surface area contributed by atoms with Crippen molar-refractivity contribution in [2.75, 3.05) is 26.8 Å². The van der Waals surface area contributed by atoms with Crippen LogP contribution in [-0.4, -0.2) is 37.7 Å². The second kappa shape index (κ2) is 7.04. The molecule has 0 saturated carbocycles. The molecule has 0 amide bonds. The minimum absolute atomic E-state index is 0.129. The van der Waals surface area contributed by atoms with Crippen LogP contribution < -0.4 is 5.73 Å². The molecule has 0 aromatic heterocycles. The van der Waals surface area contributed by atoms with E-state index in [-0.39, 0.29) is 12.1 Å². The van der Waals surface area contributed by atoms with Gasteiger partial charge in [-0.1, -0.05) is 33.6 Å². The van der Waals surface area contributed by atoms with Gasteiger partial charge in [0.1, 0.15) is 0 Å². The smallest absolute Gasteiger partial charge is 0.0589 e. The van der Waals surface area contributed by atoms with Crippen LogP contribution in [0.3, 0.4) is 0 Å². The molecule has 1 aliphatic heterocycles. The van der Waals surface area contributed by atoms with Gasteiger partial charge in [0, 0.05) is 29.2 Å². The van der Waals surface area contributed by atoms with Crippen molar-refractivity contribution in [3.8, 4) is 0 Å². The lowest BCUT2D eigenvalue weighted by Crippen LogP contribution is -2.47. The maximum Gasteiger partial charge on any atom is 0.0589 e. The topological polar surface area (TPSA) is 38.5 Å². The molecule has 0 bridgehead atoms. The quantitative estimate of drug-likeness (QED) is 0.909. The van der Waals surface area contributed by atoms with Gasteiger partial charge in [-0.25, -0.2) is 0 Å². The lowest BCUT2D eigenvalue weighted by molar-refractivity contribution is 0.0848. The van der Waals surface area contributed by atoms with Crippen molar-refractivity contribution >= 4 is 27.5 Å². The van der Waals surface area contributed by atoms with Crippen LogP contribution in [0, 0.1) is 0 Å². The number of likely N-dealkylation sites (tertiary alicyclic amines) is 1. The molecule has 1 aromatic carbocycles. The Balaban J connectivity index is 2.25. The van der Waals surface area contributed by atoms with E-state index < -0.39 is 0 Å². The summed E-state index contributed by atoms with van der Waals surface area (Å²) in [6.07, 6.45) is 2.18. The first-order valence-electron chi connectivity index (χ1n) is 6.57. The van der Waals surface area contributed by atoms with Crippen LogP contribution >= 0.6 is 27.5 Å². The average molecular weight is 348 g/mol. The minimum atomic E-state index is 0.129. The first kappa shape index (κ1) is 15.3. The highest BCUT2D eigenvalue weighted by Gasteiger charge is 2.31. The largest absolute Gasteiger partial charge is 0.383 e. The molecule has 1 aliphatic rings. The van der Waals surface area contributed by atoms with Crippen LogP contribution in [0.4, 0.5) is 0 Å². The van der Waals surface area contributed by atoms with E-state index in [2.05, 4.69) is 26.9 Å². The normalized spacial score (nSPS) is 24.6. The van der Waals surface area contributed by atoms with E-state index in [1.807, 2.05) is 12.1 Å². The Labute approximate surface area is 128 Å². The molecule has 1 saturated heterocycles. The van der Waals surface area contributed by atoms with Crippen LogP contribution in [0.25, 0.3) is 0 Å². The fourth-order valence-electron chi connectivity index (χ4n) is 2.73. The molecule has 0 aliphatic carbocycles. The molecule has 106 valence electrons. The number of hydrogen-bond donors (Lipinski definition) is 1. The number of piperidine rings is 1. The maximum absolute atomic E-state index is 6.38. The summed E-state index contributed by atoms with van der Waals surface area (Å²) < 4.78 is 6.18. The first-order valence-corrected chi connectivity index (χ1v) is 7.74. The number of ether oxygens (including phenoxy) is 1. The number of halogens is 2. The molecule has 2 unspecified atom stereocenters. The monoisotopic (exact) mass is 346 g/mol. The zero-order chi connectivity index (χ0) is 13.8. The third kappa shape index (κ3) is 3.70. The first-order chi connectivity index (χ1) is 9.13. The van der Waals surface area contributed by atoms with Gasteiger partial charge in [0.05, 0.1) is 12.6 Å². The molecule has 1 aromatic rings. The summed E-state index contributed by atoms with van der Waals surface area (Å²) in [5.74, 6) is 0. The zero-order valence-corrected chi connectivity index (χ0v) is 13.5. The van der Waals surface area contributed by atoms with Gasteiger partial charge in [-0.05, 0) is 37.1 Å². The predicted octanol–water partition coefficient (Wildman–Crippen LogP) is 3.21. The lowest BCUT2D eigenvalue weighted by Gasteiger charge is -2.40. The van der Waals surface area contributed by atoms with Gasteiger partial charge in [-0.2, -0.15) is 0 Å². The summed E-state index contributed by atoms with van der Waals surface area (Å²) in [6, 6.07) is 6.35. The fraction of sp³-hybridized carbons (Fsp3) is 0.571. The molecule has 2 atom stereocenters. The second-order valence-electron chi connectivity index (χ2n) is 4.95. The molecule has 19 heavy (non-hydrogen) atoms. The summed E-state index contributed by atoms with van der Waals surface area (Å²) in [5, 5.41) is 0.777. The van der Waals surface area contributed by atoms with E-state index >= 15 is 0 Å². The summed E-state index contributed by atoms with van der Waals surface area (Å²) >= 11 is 9.83. The average Bonchev–Trinajstić information content (AvgIpc) is 2.37. The summed E-state index contributed by atoms with van der Waals surface area (Å²) in [6.45, 7) is 2.66. The van der Waals surface area contributed by atoms with Crippen molar-refractivity contribution in [1.82, 2.24) is 4.90 Å². The lowest BCUT2D eigenvalue weighted by atomic mass is 9.91. The number of nitrogens with zero attached hydrogens (tertiary/aromatic N) is 1. The molecular formula is C14H20BrClN2O. The number of nitrogens with two attached hydrogens (primary N) is 1. The Hall–Kier alpha value is -0.130. The van der Waals surface area contributed by atoms with E-state index in [0.29, 0.717) is 0 Å². The molecule has 1 fully saturated rings. The third-order valence-corrected chi connectivity index (χ3v) is 4.47. The van der Waals surface area contributed by atoms with E-state index in [9.17, 15) is 0 Å². The van der Waals surface area contributed by atoms with Gasteiger partial charge in [0.25, 0.3) is 0 Å². The van der Waals surface area contributed by atoms with E-state index in [0.717, 1.165) is 47.6 Å². The van der Waals surface area contributed by atoms with Crippen molar-refractivity contribution in [3.63, 3.8) is 0 Å². The Morgan fingerprint density at radius 2 is 2.32 bits per heavy atom. The van der Waals surface area contributed by atoms with E-state index in [1.54, 1.807) is 7.11 Å². The standard InChI is InChI=1S/C14H20BrClN2O/c1-19-8-7-18-6-2-3-13(17)14(18)11-5-4-10(15)9-12(11)16/h4-5,9,13-14H,2-3,6-8,17H2,1H3. The zero-order valence-electron chi connectivity index (χ0n) is 11.1. The number of methoxy groups -OCH3 is 1. The number of benzene rings is 1. The highest BCUT2D eigenvalue weighted by atomic mass is 79.9. The Bertz CT molecular complexity index is 430. The number of rotatable bonds is 4. The van der Waals surface area contributed by atoms with Gasteiger partial charge in [-0.3, -0.25) is 4.90 Å². The minimum Gasteiger partial charge on any atom is -0.383 e. The van der Waals surface area contributed by atoms with Crippen molar-refractivity contribution in [2.45, 2.75) is 24.9 Å². The van der Waals surface area contributed by atoms with E-state index in [1.165, 1.54) is 0 Å². The highest BCUT2D eigenvalue weighted by Crippen LogP contribution is 2.35. The fourth-order valence-corrected chi connectivity index (χ4v) is 3.51. The van der Waals surface area contributed by atoms with E-state index in [4.69, 9.17) is 22.1 Å². The van der Waals surface area contributed by atoms with Gasteiger partial charge >= 0.3 is 0 Å². The Morgan fingerprint density at radius 3 is 3.00 bits per heavy atom. The van der Waals surface area contributed by atoms with Crippen molar-refractivity contribution in [3.05, 3.63) is 33.3 Å². The van der Waals surface area contributed by atoms with Crippen molar-refractivity contribution in [2.24, 2.45) is 5.73 Å². The molecule has 0 spiro atoms. The summed E-state index contributed by atoms with van der Waals surface area (Å²) in [7, 11) is 1.73. The molecule has 2 N–H and O–H groups in total. The van der Waals surface area contributed by atoms with Crippen molar-refractivity contribution < 1.29 is 4.74 Å². The van der Waals surface area contributed by atoms with Gasteiger partial charge in [0.15, 0.2) is 0 Å². The maximum atomic E-state index is 6.38. The molecule has 3 nitrogen and oxygen atoms in total. The van der Waals surface area contributed by atoms with Crippen LogP contribution in [0.5, 0.6) is 0 Å². The Kier molecular flexibility index (Phi) is 5.66. The predicted molar refractivity (Wildman–Crippen MR) is 82.6 cm³/mol. The molecular weight excluding hydrogens is 328 g/mol. The summed E-state index contributed by atoms with van der Waals surface area (Å²) in [5.41, 5.74) is 7.45. The molecule has 1 heterocycles. The Morgan fingerprint density at radius 1 is 1.53 bits per heavy atom. The SMILES string of the molecule is COCCN1CCCC(N)C1c1ccc(Br)cc1Cl. The molecule has 5 heteroatoms. The van der Waals surface area contributed by atoms with Crippen LogP contribution in [-0.2, 0) is 4.74 Å². The van der Waals surface area contributed by atoms with Crippen LogP contribution in [0.15, 0.2) is 22.7 Å². The highest BCUT2D eigenvalue weighted by molar-refractivity contribution is 9.10. The second-order valence-corrected chi connectivity index (χ2v) is 6.27. The summed E-state index contributed by atoms with van der Waals surface area (Å²) in [4.78, 5) is 2.38. The van der Waals surface area contributed by atoms with Gasteiger partial charge in [0.2, 0.25) is 0 Å². The van der Waals surface area contributed by atoms with Gasteiger partial charge < -0.3 is 10.5 Å². The van der Waals surface area contributed by atoms with Crippen LogP contribution in [0.2, 0.25) is 5.02 Å².